The molecule has 4 saturated carbocycles. The summed E-state index contributed by atoms with van der Waals surface area (Å²) < 4.78 is 0. The van der Waals surface area contributed by atoms with Crippen LogP contribution in [0.25, 0.3) is 0 Å². The highest BCUT2D eigenvalue weighted by Gasteiger charge is 2.60. The minimum absolute atomic E-state index is 0.121. The van der Waals surface area contributed by atoms with Gasteiger partial charge in [0.25, 0.3) is 0 Å². The molecule has 124 valence electrons. The highest BCUT2D eigenvalue weighted by atomic mass is 16.3. The first-order valence-corrected chi connectivity index (χ1v) is 9.33. The van der Waals surface area contributed by atoms with Crippen LogP contribution >= 0.6 is 0 Å². The Kier molecular flexibility index (Phi) is 3.47. The Balaban J connectivity index is 1.63. The molecule has 0 heterocycles. The van der Waals surface area contributed by atoms with E-state index in [1.807, 2.05) is 0 Å². The van der Waals surface area contributed by atoms with Crippen molar-refractivity contribution < 1.29 is 15.0 Å². The van der Waals surface area contributed by atoms with E-state index in [9.17, 15) is 15.0 Å². The van der Waals surface area contributed by atoms with Gasteiger partial charge in [-0.15, -0.1) is 0 Å². The number of fused-ring (bicyclic) bond motifs is 5. The average molecular weight is 306 g/mol. The molecule has 4 aliphatic carbocycles. The van der Waals surface area contributed by atoms with Gasteiger partial charge in [-0.3, -0.25) is 0 Å². The SMILES string of the molecule is C[C@]12CC[C@H]3[C@@H](CC[C@]4(C=O)C[C@@H](O)CC[C@H]34)[C@@H]1CC[C@@H]2O. The standard InChI is InChI=1S/C19H30O3/c1-18-8-6-14-13(15(18)4-5-17(18)22)7-9-19(11-20)10-12(21)2-3-16(14)19/h11-17,21-22H,2-10H2,1H3/t12-,13+,14-,15-,16+,17-,18-,19+/m0/s1. The van der Waals surface area contributed by atoms with Crippen molar-refractivity contribution in [3.8, 4) is 0 Å². The van der Waals surface area contributed by atoms with Crippen LogP contribution in [0.4, 0.5) is 0 Å². The number of aliphatic hydroxyl groups excluding tert-OH is 2. The maximum Gasteiger partial charge on any atom is 0.126 e. The van der Waals surface area contributed by atoms with Crippen molar-refractivity contribution in [3.63, 3.8) is 0 Å². The fraction of sp³-hybridized carbons (Fsp3) is 0.947. The van der Waals surface area contributed by atoms with Crippen molar-refractivity contribution in [2.45, 2.75) is 76.9 Å². The zero-order chi connectivity index (χ0) is 15.5. The van der Waals surface area contributed by atoms with Gasteiger partial charge in [0, 0.05) is 5.41 Å². The van der Waals surface area contributed by atoms with E-state index in [4.69, 9.17) is 0 Å². The van der Waals surface area contributed by atoms with E-state index in [0.717, 1.165) is 38.5 Å². The van der Waals surface area contributed by atoms with Gasteiger partial charge in [-0.1, -0.05) is 6.92 Å². The lowest BCUT2D eigenvalue weighted by molar-refractivity contribution is -0.147. The molecule has 0 aromatic rings. The van der Waals surface area contributed by atoms with Crippen molar-refractivity contribution in [1.29, 1.82) is 0 Å². The maximum absolute atomic E-state index is 11.9. The summed E-state index contributed by atoms with van der Waals surface area (Å²) in [5.41, 5.74) is -0.125. The number of rotatable bonds is 1. The normalized spacial score (nSPS) is 57.6. The summed E-state index contributed by atoms with van der Waals surface area (Å²) in [4.78, 5) is 11.9. The smallest absolute Gasteiger partial charge is 0.126 e. The highest BCUT2D eigenvalue weighted by Crippen LogP contribution is 2.64. The largest absolute Gasteiger partial charge is 0.393 e. The number of aliphatic hydroxyl groups is 2. The van der Waals surface area contributed by atoms with Crippen molar-refractivity contribution in [1.82, 2.24) is 0 Å². The molecule has 0 bridgehead atoms. The predicted molar refractivity (Wildman–Crippen MR) is 84.1 cm³/mol. The minimum atomic E-state index is -0.278. The van der Waals surface area contributed by atoms with Gasteiger partial charge in [0.2, 0.25) is 0 Å². The summed E-state index contributed by atoms with van der Waals surface area (Å²) >= 11 is 0. The van der Waals surface area contributed by atoms with Gasteiger partial charge in [-0.2, -0.15) is 0 Å². The van der Waals surface area contributed by atoms with Gasteiger partial charge >= 0.3 is 0 Å². The van der Waals surface area contributed by atoms with Gasteiger partial charge in [0.05, 0.1) is 12.2 Å². The monoisotopic (exact) mass is 306 g/mol. The Labute approximate surface area is 133 Å². The molecule has 0 amide bonds. The van der Waals surface area contributed by atoms with Gasteiger partial charge in [-0.05, 0) is 86.9 Å². The molecular weight excluding hydrogens is 276 g/mol. The Morgan fingerprint density at radius 3 is 2.36 bits per heavy atom. The molecule has 2 N–H and O–H groups in total. The van der Waals surface area contributed by atoms with Gasteiger partial charge in [-0.25, -0.2) is 0 Å². The lowest BCUT2D eigenvalue weighted by Crippen LogP contribution is -2.54. The molecule has 0 aliphatic heterocycles. The Morgan fingerprint density at radius 1 is 0.909 bits per heavy atom. The van der Waals surface area contributed by atoms with Crippen molar-refractivity contribution >= 4 is 6.29 Å². The maximum atomic E-state index is 11.9. The summed E-state index contributed by atoms with van der Waals surface area (Å²) in [5, 5.41) is 20.5. The molecule has 3 nitrogen and oxygen atoms in total. The lowest BCUT2D eigenvalue weighted by Gasteiger charge is -2.58. The number of carbonyl (C=O) groups excluding carboxylic acids is 1. The van der Waals surface area contributed by atoms with Gasteiger partial charge in [0.15, 0.2) is 0 Å². The van der Waals surface area contributed by atoms with E-state index in [0.29, 0.717) is 30.1 Å². The third-order valence-corrected chi connectivity index (χ3v) is 8.30. The van der Waals surface area contributed by atoms with Gasteiger partial charge in [0.1, 0.15) is 6.29 Å². The molecule has 4 fully saturated rings. The summed E-state index contributed by atoms with van der Waals surface area (Å²) in [6.45, 7) is 2.30. The van der Waals surface area contributed by atoms with Crippen molar-refractivity contribution in [3.05, 3.63) is 0 Å². The molecule has 8 atom stereocenters. The fourth-order valence-corrected chi connectivity index (χ4v) is 7.11. The average Bonchev–Trinajstić information content (AvgIpc) is 2.82. The van der Waals surface area contributed by atoms with Crippen LogP contribution in [0.3, 0.4) is 0 Å². The number of aldehydes is 1. The van der Waals surface area contributed by atoms with Crippen LogP contribution in [0.5, 0.6) is 0 Å². The van der Waals surface area contributed by atoms with Crippen LogP contribution in [0, 0.1) is 34.5 Å². The number of carbonyl (C=O) groups is 1. The molecule has 0 radical (unpaired) electrons. The number of hydrogen-bond donors (Lipinski definition) is 2. The third-order valence-electron chi connectivity index (χ3n) is 8.30. The van der Waals surface area contributed by atoms with E-state index >= 15 is 0 Å². The van der Waals surface area contributed by atoms with Crippen LogP contribution in [0.1, 0.15) is 64.7 Å². The molecule has 4 rings (SSSR count). The van der Waals surface area contributed by atoms with Crippen LogP contribution in [-0.4, -0.2) is 28.7 Å². The fourth-order valence-electron chi connectivity index (χ4n) is 7.11. The molecule has 22 heavy (non-hydrogen) atoms. The van der Waals surface area contributed by atoms with Gasteiger partial charge < -0.3 is 15.0 Å². The molecule has 0 aromatic carbocycles. The Morgan fingerprint density at radius 2 is 1.59 bits per heavy atom. The van der Waals surface area contributed by atoms with E-state index < -0.39 is 0 Å². The molecule has 0 unspecified atom stereocenters. The third kappa shape index (κ3) is 1.91. The van der Waals surface area contributed by atoms with Crippen LogP contribution in [0.15, 0.2) is 0 Å². The summed E-state index contributed by atoms with van der Waals surface area (Å²) in [6, 6.07) is 0. The zero-order valence-corrected chi connectivity index (χ0v) is 13.7. The lowest BCUT2D eigenvalue weighted by atomic mass is 9.46. The quantitative estimate of drug-likeness (QED) is 0.732. The molecular formula is C19H30O3. The van der Waals surface area contributed by atoms with E-state index in [2.05, 4.69) is 6.92 Å². The zero-order valence-electron chi connectivity index (χ0n) is 13.7. The molecule has 4 aliphatic rings. The first-order chi connectivity index (χ1) is 10.5. The summed E-state index contributed by atoms with van der Waals surface area (Å²) in [7, 11) is 0. The first-order valence-electron chi connectivity index (χ1n) is 9.33. The first kappa shape index (κ1) is 15.1. The Bertz CT molecular complexity index is 464. The summed E-state index contributed by atoms with van der Waals surface area (Å²) in [6.07, 6.45) is 9.89. The molecule has 3 heteroatoms. The topological polar surface area (TPSA) is 57.5 Å². The molecule has 0 aromatic heterocycles. The molecule has 0 spiro atoms. The Hall–Kier alpha value is -0.410. The molecule has 0 saturated heterocycles. The predicted octanol–water partition coefficient (Wildman–Crippen LogP) is 2.93. The van der Waals surface area contributed by atoms with E-state index in [-0.39, 0.29) is 23.0 Å². The van der Waals surface area contributed by atoms with E-state index in [1.54, 1.807) is 0 Å². The number of hydrogen-bond acceptors (Lipinski definition) is 3. The summed E-state index contributed by atoms with van der Waals surface area (Å²) in [5.74, 6) is 2.48. The van der Waals surface area contributed by atoms with Crippen LogP contribution in [-0.2, 0) is 4.79 Å². The highest BCUT2D eigenvalue weighted by molar-refractivity contribution is 5.61. The van der Waals surface area contributed by atoms with E-state index in [1.165, 1.54) is 19.1 Å². The van der Waals surface area contributed by atoms with Crippen molar-refractivity contribution in [2.75, 3.05) is 0 Å². The second-order valence-electron chi connectivity index (χ2n) is 9.00. The van der Waals surface area contributed by atoms with Crippen LogP contribution in [0.2, 0.25) is 0 Å². The van der Waals surface area contributed by atoms with Crippen LogP contribution < -0.4 is 0 Å². The minimum Gasteiger partial charge on any atom is -0.393 e. The van der Waals surface area contributed by atoms with Crippen molar-refractivity contribution in [2.24, 2.45) is 34.5 Å². The second-order valence-corrected chi connectivity index (χ2v) is 9.00. The second kappa shape index (κ2) is 5.04.